The lowest BCUT2D eigenvalue weighted by Crippen LogP contribution is -2.40. The summed E-state index contributed by atoms with van der Waals surface area (Å²) < 4.78 is 9.75. The molecule has 0 fully saturated rings. The minimum Gasteiger partial charge on any atom is -0.482 e. The van der Waals surface area contributed by atoms with Crippen LogP contribution in [0.5, 0.6) is 5.75 Å². The van der Waals surface area contributed by atoms with E-state index in [1.165, 1.54) is 7.11 Å². The third kappa shape index (κ3) is 4.57. The molecule has 122 valence electrons. The molecule has 2 rings (SSSR count). The van der Waals surface area contributed by atoms with Gasteiger partial charge >= 0.3 is 5.97 Å². The smallest absolute Gasteiger partial charge is 0.330 e. The number of esters is 1. The molecule has 0 atom stereocenters. The summed E-state index contributed by atoms with van der Waals surface area (Å²) >= 11 is 0. The zero-order chi connectivity index (χ0) is 16.7. The summed E-state index contributed by atoms with van der Waals surface area (Å²) in [5.41, 5.74) is 0.737. The monoisotopic (exact) mass is 318 g/mol. The first kappa shape index (κ1) is 16.5. The Hall–Kier alpha value is -2.83. The number of fused-ring (bicyclic) bond motifs is 1. The average molecular weight is 318 g/mol. The number of para-hydroxylation sites is 2. The molecule has 0 aliphatic carbocycles. The van der Waals surface area contributed by atoms with Gasteiger partial charge < -0.3 is 19.7 Å². The molecule has 1 aliphatic heterocycles. The van der Waals surface area contributed by atoms with Gasteiger partial charge in [-0.1, -0.05) is 12.1 Å². The molecule has 0 aromatic heterocycles. The maximum atomic E-state index is 11.9. The third-order valence-corrected chi connectivity index (χ3v) is 3.24. The first-order chi connectivity index (χ1) is 11.1. The first-order valence-corrected chi connectivity index (χ1v) is 7.18. The molecule has 23 heavy (non-hydrogen) atoms. The first-order valence-electron chi connectivity index (χ1n) is 7.18. The summed E-state index contributed by atoms with van der Waals surface area (Å²) in [4.78, 5) is 35.9. The van der Waals surface area contributed by atoms with E-state index in [0.717, 1.165) is 17.8 Å². The van der Waals surface area contributed by atoms with E-state index in [1.807, 2.05) is 24.3 Å². The molecule has 7 heteroatoms. The molecular weight excluding hydrogens is 300 g/mol. The van der Waals surface area contributed by atoms with Crippen LogP contribution in [0.4, 0.5) is 5.69 Å². The normalized spacial score (nSPS) is 13.4. The van der Waals surface area contributed by atoms with E-state index < -0.39 is 5.97 Å². The summed E-state index contributed by atoms with van der Waals surface area (Å²) in [6.07, 6.45) is 2.75. The number of hydrogen-bond donors (Lipinski definition) is 1. The van der Waals surface area contributed by atoms with Crippen LogP contribution in [0.3, 0.4) is 0 Å². The average Bonchev–Trinajstić information content (AvgIpc) is 2.58. The van der Waals surface area contributed by atoms with Crippen LogP contribution in [0.15, 0.2) is 36.4 Å². The highest BCUT2D eigenvalue weighted by Crippen LogP contribution is 2.31. The molecular formula is C16H18N2O5. The van der Waals surface area contributed by atoms with Crippen LogP contribution in [0, 0.1) is 0 Å². The molecule has 2 amide bonds. The van der Waals surface area contributed by atoms with E-state index >= 15 is 0 Å². The van der Waals surface area contributed by atoms with Gasteiger partial charge in [0.25, 0.3) is 5.91 Å². The number of benzene rings is 1. The molecule has 1 aromatic rings. The topological polar surface area (TPSA) is 84.9 Å². The molecule has 0 saturated carbocycles. The lowest BCUT2D eigenvalue weighted by molar-refractivity contribution is -0.135. The number of rotatable bonds is 6. The van der Waals surface area contributed by atoms with Gasteiger partial charge in [-0.3, -0.25) is 9.59 Å². The molecule has 0 bridgehead atoms. The Labute approximate surface area is 133 Å². The summed E-state index contributed by atoms with van der Waals surface area (Å²) in [7, 11) is 1.24. The highest BCUT2D eigenvalue weighted by atomic mass is 16.5. The van der Waals surface area contributed by atoms with E-state index in [1.54, 1.807) is 4.90 Å². The number of ether oxygens (including phenoxy) is 2. The molecule has 0 spiro atoms. The Morgan fingerprint density at radius 1 is 1.35 bits per heavy atom. The van der Waals surface area contributed by atoms with Crippen molar-refractivity contribution in [2.24, 2.45) is 0 Å². The SMILES string of the molecule is COC(=O)/C=C/C(=O)NCCCN1C(=O)COc2ccccc21. The molecule has 1 aromatic carbocycles. The van der Waals surface area contributed by atoms with Crippen molar-refractivity contribution in [1.29, 1.82) is 0 Å². The third-order valence-electron chi connectivity index (χ3n) is 3.24. The van der Waals surface area contributed by atoms with Gasteiger partial charge in [0, 0.05) is 25.2 Å². The predicted molar refractivity (Wildman–Crippen MR) is 83.1 cm³/mol. The Morgan fingerprint density at radius 3 is 2.91 bits per heavy atom. The zero-order valence-electron chi connectivity index (χ0n) is 12.8. The number of anilines is 1. The quantitative estimate of drug-likeness (QED) is 0.473. The van der Waals surface area contributed by atoms with Crippen LogP contribution in [-0.4, -0.2) is 44.6 Å². The van der Waals surface area contributed by atoms with Crippen molar-refractivity contribution < 1.29 is 23.9 Å². The molecule has 0 radical (unpaired) electrons. The highest BCUT2D eigenvalue weighted by Gasteiger charge is 2.24. The van der Waals surface area contributed by atoms with Gasteiger partial charge in [0.1, 0.15) is 5.75 Å². The summed E-state index contributed by atoms with van der Waals surface area (Å²) in [5.74, 6) is -0.405. The van der Waals surface area contributed by atoms with E-state index in [4.69, 9.17) is 4.74 Å². The van der Waals surface area contributed by atoms with Gasteiger partial charge in [-0.25, -0.2) is 4.79 Å². The van der Waals surface area contributed by atoms with Gasteiger partial charge in [0.05, 0.1) is 12.8 Å². The van der Waals surface area contributed by atoms with E-state index in [-0.39, 0.29) is 18.4 Å². The fourth-order valence-corrected chi connectivity index (χ4v) is 2.12. The van der Waals surface area contributed by atoms with E-state index in [2.05, 4.69) is 10.1 Å². The Morgan fingerprint density at radius 2 is 2.13 bits per heavy atom. The lowest BCUT2D eigenvalue weighted by Gasteiger charge is -2.29. The van der Waals surface area contributed by atoms with Crippen LogP contribution >= 0.6 is 0 Å². The molecule has 1 aliphatic rings. The number of methoxy groups -OCH3 is 1. The van der Waals surface area contributed by atoms with Gasteiger partial charge in [0.2, 0.25) is 5.91 Å². The minimum absolute atomic E-state index is 0.0191. The van der Waals surface area contributed by atoms with Crippen LogP contribution in [0.2, 0.25) is 0 Å². The van der Waals surface area contributed by atoms with Crippen molar-refractivity contribution in [1.82, 2.24) is 5.32 Å². The second kappa shape index (κ2) is 7.98. The maximum Gasteiger partial charge on any atom is 0.330 e. The van der Waals surface area contributed by atoms with Crippen LogP contribution < -0.4 is 15.0 Å². The highest BCUT2D eigenvalue weighted by molar-refractivity contribution is 5.97. The molecule has 7 nitrogen and oxygen atoms in total. The van der Waals surface area contributed by atoms with E-state index in [0.29, 0.717) is 25.3 Å². The van der Waals surface area contributed by atoms with E-state index in [9.17, 15) is 14.4 Å². The number of nitrogens with one attached hydrogen (secondary N) is 1. The fourth-order valence-electron chi connectivity index (χ4n) is 2.12. The van der Waals surface area contributed by atoms with Gasteiger partial charge in [-0.2, -0.15) is 0 Å². The summed E-state index contributed by atoms with van der Waals surface area (Å²) in [5, 5.41) is 2.64. The number of amides is 2. The van der Waals surface area contributed by atoms with Crippen molar-refractivity contribution in [2.75, 3.05) is 31.7 Å². The Balaban J connectivity index is 1.80. The largest absolute Gasteiger partial charge is 0.482 e. The van der Waals surface area contributed by atoms with Crippen molar-refractivity contribution >= 4 is 23.5 Å². The second-order valence-electron chi connectivity index (χ2n) is 4.80. The Kier molecular flexibility index (Phi) is 5.74. The summed E-state index contributed by atoms with van der Waals surface area (Å²) in [6, 6.07) is 7.33. The number of hydrogen-bond acceptors (Lipinski definition) is 5. The standard InChI is InChI=1S/C16H18N2O5/c1-22-16(21)8-7-14(19)17-9-4-10-18-12-5-2-3-6-13(12)23-11-15(18)20/h2-3,5-8H,4,9-11H2,1H3,(H,17,19)/b8-7+. The van der Waals surface area contributed by atoms with Gasteiger partial charge in [-0.15, -0.1) is 0 Å². The molecule has 0 saturated heterocycles. The minimum atomic E-state index is -0.587. The fraction of sp³-hybridized carbons (Fsp3) is 0.312. The van der Waals surface area contributed by atoms with Crippen molar-refractivity contribution in [3.05, 3.63) is 36.4 Å². The lowest BCUT2D eigenvalue weighted by atomic mass is 10.2. The molecule has 1 N–H and O–H groups in total. The van der Waals surface area contributed by atoms with Crippen LogP contribution in [-0.2, 0) is 19.1 Å². The van der Waals surface area contributed by atoms with Crippen LogP contribution in [0.25, 0.3) is 0 Å². The maximum absolute atomic E-state index is 11.9. The van der Waals surface area contributed by atoms with Gasteiger partial charge in [-0.05, 0) is 18.6 Å². The Bertz CT molecular complexity index is 627. The molecule has 1 heterocycles. The molecule has 0 unspecified atom stereocenters. The van der Waals surface area contributed by atoms with Crippen molar-refractivity contribution in [2.45, 2.75) is 6.42 Å². The zero-order valence-corrected chi connectivity index (χ0v) is 12.8. The number of carbonyl (C=O) groups excluding carboxylic acids is 3. The number of nitrogens with zero attached hydrogens (tertiary/aromatic N) is 1. The second-order valence-corrected chi connectivity index (χ2v) is 4.80. The number of carbonyl (C=O) groups is 3. The van der Waals surface area contributed by atoms with Crippen LogP contribution in [0.1, 0.15) is 6.42 Å². The van der Waals surface area contributed by atoms with Crippen molar-refractivity contribution in [3.63, 3.8) is 0 Å². The predicted octanol–water partition coefficient (Wildman–Crippen LogP) is 0.648. The van der Waals surface area contributed by atoms with Crippen molar-refractivity contribution in [3.8, 4) is 5.75 Å². The van der Waals surface area contributed by atoms with Gasteiger partial charge in [0.15, 0.2) is 6.61 Å². The summed E-state index contributed by atoms with van der Waals surface area (Å²) in [6.45, 7) is 0.878.